The molecule has 1 aromatic carbocycles. The summed E-state index contributed by atoms with van der Waals surface area (Å²) in [5, 5.41) is 4.89. The third kappa shape index (κ3) is 1.68. The van der Waals surface area contributed by atoms with Gasteiger partial charge in [-0.3, -0.25) is 14.5 Å². The Morgan fingerprint density at radius 3 is 2.83 bits per heavy atom. The molecule has 0 aliphatic heterocycles. The molecule has 0 spiro atoms. The van der Waals surface area contributed by atoms with E-state index in [4.69, 9.17) is 0 Å². The third-order valence-corrected chi connectivity index (χ3v) is 2.86. The number of hydrogen-bond donors (Lipinski definition) is 0. The molecule has 4 heteroatoms. The first-order chi connectivity index (χ1) is 8.75. The van der Waals surface area contributed by atoms with Gasteiger partial charge in [-0.15, -0.1) is 0 Å². The van der Waals surface area contributed by atoms with E-state index in [1.54, 1.807) is 36.4 Å². The minimum absolute atomic E-state index is 0.0262. The molecule has 0 atom stereocenters. The number of fused-ring (bicyclic) bond motifs is 1. The lowest BCUT2D eigenvalue weighted by Gasteiger charge is -2.03. The highest BCUT2D eigenvalue weighted by atomic mass is 16.1. The predicted molar refractivity (Wildman–Crippen MR) is 68.4 cm³/mol. The van der Waals surface area contributed by atoms with Crippen molar-refractivity contribution < 1.29 is 4.79 Å². The molecule has 0 saturated heterocycles. The van der Waals surface area contributed by atoms with Crippen LogP contribution >= 0.6 is 0 Å². The summed E-state index contributed by atoms with van der Waals surface area (Å²) < 4.78 is 1.62. The molecule has 0 aliphatic rings. The molecule has 88 valence electrons. The quantitative estimate of drug-likeness (QED) is 0.642. The van der Waals surface area contributed by atoms with Gasteiger partial charge in [0.1, 0.15) is 0 Å². The summed E-state index contributed by atoms with van der Waals surface area (Å²) in [6.07, 6.45) is 4.96. The molecular formula is C14H11N3O. The van der Waals surface area contributed by atoms with Crippen molar-refractivity contribution in [1.29, 1.82) is 0 Å². The Balaban J connectivity index is 2.17. The number of nitrogens with zero attached hydrogens (tertiary/aromatic N) is 3. The van der Waals surface area contributed by atoms with Gasteiger partial charge >= 0.3 is 0 Å². The van der Waals surface area contributed by atoms with Gasteiger partial charge in [0, 0.05) is 30.4 Å². The molecule has 0 radical (unpaired) electrons. The predicted octanol–water partition coefficient (Wildman–Crippen LogP) is 2.20. The van der Waals surface area contributed by atoms with Gasteiger partial charge in [0.15, 0.2) is 5.78 Å². The van der Waals surface area contributed by atoms with Crippen LogP contribution in [0.5, 0.6) is 0 Å². The number of rotatable bonds is 2. The van der Waals surface area contributed by atoms with Crippen LogP contribution < -0.4 is 0 Å². The van der Waals surface area contributed by atoms with Crippen LogP contribution in [-0.4, -0.2) is 20.5 Å². The summed E-state index contributed by atoms with van der Waals surface area (Å²) in [5.74, 6) is -0.0262. The standard InChI is InChI=1S/C14H11N3O/c1-17-9-10(8-16-17)14(18)12-6-7-15-13-5-3-2-4-11(12)13/h2-9H,1H3. The van der Waals surface area contributed by atoms with Crippen molar-refractivity contribution in [3.05, 3.63) is 60.0 Å². The zero-order chi connectivity index (χ0) is 12.5. The number of hydrogen-bond acceptors (Lipinski definition) is 3. The fraction of sp³-hybridized carbons (Fsp3) is 0.0714. The molecule has 3 rings (SSSR count). The van der Waals surface area contributed by atoms with E-state index in [9.17, 15) is 4.79 Å². The smallest absolute Gasteiger partial charge is 0.196 e. The molecule has 4 nitrogen and oxygen atoms in total. The third-order valence-electron chi connectivity index (χ3n) is 2.86. The van der Waals surface area contributed by atoms with E-state index in [2.05, 4.69) is 10.1 Å². The van der Waals surface area contributed by atoms with Crippen LogP contribution in [0.3, 0.4) is 0 Å². The number of pyridine rings is 1. The zero-order valence-corrected chi connectivity index (χ0v) is 9.87. The minimum Gasteiger partial charge on any atom is -0.288 e. The number of aryl methyl sites for hydroxylation is 1. The molecule has 0 N–H and O–H groups in total. The molecule has 2 aromatic heterocycles. The fourth-order valence-corrected chi connectivity index (χ4v) is 1.99. The van der Waals surface area contributed by atoms with Crippen LogP contribution in [0.2, 0.25) is 0 Å². The Hall–Kier alpha value is -2.49. The first-order valence-electron chi connectivity index (χ1n) is 5.63. The summed E-state index contributed by atoms with van der Waals surface area (Å²) >= 11 is 0. The molecule has 3 aromatic rings. The second kappa shape index (κ2) is 4.07. The Kier molecular flexibility index (Phi) is 2.41. The molecular weight excluding hydrogens is 226 g/mol. The Morgan fingerprint density at radius 2 is 2.06 bits per heavy atom. The Bertz CT molecular complexity index is 725. The average molecular weight is 237 g/mol. The van der Waals surface area contributed by atoms with Gasteiger partial charge in [-0.25, -0.2) is 0 Å². The SMILES string of the molecule is Cn1cc(C(=O)c2ccnc3ccccc23)cn1. The van der Waals surface area contributed by atoms with E-state index in [0.29, 0.717) is 11.1 Å². The zero-order valence-electron chi connectivity index (χ0n) is 9.87. The van der Waals surface area contributed by atoms with Crippen molar-refractivity contribution in [3.8, 4) is 0 Å². The summed E-state index contributed by atoms with van der Waals surface area (Å²) in [6.45, 7) is 0. The summed E-state index contributed by atoms with van der Waals surface area (Å²) in [6, 6.07) is 9.37. The van der Waals surface area contributed by atoms with Gasteiger partial charge in [0.05, 0.1) is 17.3 Å². The van der Waals surface area contributed by atoms with Crippen LogP contribution in [-0.2, 0) is 7.05 Å². The topological polar surface area (TPSA) is 47.8 Å². The number of carbonyl (C=O) groups excluding carboxylic acids is 1. The van der Waals surface area contributed by atoms with Crippen molar-refractivity contribution in [1.82, 2.24) is 14.8 Å². The lowest BCUT2D eigenvalue weighted by atomic mass is 10.0. The lowest BCUT2D eigenvalue weighted by molar-refractivity contribution is 0.104. The highest BCUT2D eigenvalue weighted by Crippen LogP contribution is 2.19. The van der Waals surface area contributed by atoms with Gasteiger partial charge in [0.2, 0.25) is 0 Å². The Morgan fingerprint density at radius 1 is 1.22 bits per heavy atom. The van der Waals surface area contributed by atoms with Gasteiger partial charge in [-0.05, 0) is 12.1 Å². The number of aromatic nitrogens is 3. The number of para-hydroxylation sites is 1. The minimum atomic E-state index is -0.0262. The first-order valence-corrected chi connectivity index (χ1v) is 5.63. The van der Waals surface area contributed by atoms with E-state index in [-0.39, 0.29) is 5.78 Å². The molecule has 0 fully saturated rings. The van der Waals surface area contributed by atoms with Crippen molar-refractivity contribution in [2.24, 2.45) is 7.05 Å². The van der Waals surface area contributed by atoms with Gasteiger partial charge < -0.3 is 0 Å². The van der Waals surface area contributed by atoms with Crippen LogP contribution in [0, 0.1) is 0 Å². The van der Waals surface area contributed by atoms with Crippen molar-refractivity contribution in [2.45, 2.75) is 0 Å². The summed E-state index contributed by atoms with van der Waals surface area (Å²) in [7, 11) is 1.79. The normalized spacial score (nSPS) is 10.7. The van der Waals surface area contributed by atoms with Gasteiger partial charge in [-0.2, -0.15) is 5.10 Å². The molecule has 0 bridgehead atoms. The number of carbonyl (C=O) groups is 1. The summed E-state index contributed by atoms with van der Waals surface area (Å²) in [4.78, 5) is 16.6. The van der Waals surface area contributed by atoms with E-state index in [1.165, 1.54) is 0 Å². The van der Waals surface area contributed by atoms with Gasteiger partial charge in [-0.1, -0.05) is 18.2 Å². The van der Waals surface area contributed by atoms with E-state index >= 15 is 0 Å². The number of ketones is 1. The first kappa shape index (κ1) is 10.7. The van der Waals surface area contributed by atoms with Crippen LogP contribution in [0.25, 0.3) is 10.9 Å². The van der Waals surface area contributed by atoms with E-state index < -0.39 is 0 Å². The monoisotopic (exact) mass is 237 g/mol. The van der Waals surface area contributed by atoms with Crippen molar-refractivity contribution in [2.75, 3.05) is 0 Å². The lowest BCUT2D eigenvalue weighted by Crippen LogP contribution is -2.01. The van der Waals surface area contributed by atoms with E-state index in [0.717, 1.165) is 10.9 Å². The van der Waals surface area contributed by atoms with Crippen LogP contribution in [0.4, 0.5) is 0 Å². The molecule has 0 amide bonds. The van der Waals surface area contributed by atoms with Crippen LogP contribution in [0.15, 0.2) is 48.9 Å². The van der Waals surface area contributed by atoms with Crippen molar-refractivity contribution in [3.63, 3.8) is 0 Å². The maximum absolute atomic E-state index is 12.4. The molecule has 0 aliphatic carbocycles. The fourth-order valence-electron chi connectivity index (χ4n) is 1.99. The molecule has 18 heavy (non-hydrogen) atoms. The Labute approximate surface area is 104 Å². The average Bonchev–Trinajstić information content (AvgIpc) is 2.84. The molecule has 2 heterocycles. The molecule has 0 unspecified atom stereocenters. The highest BCUT2D eigenvalue weighted by Gasteiger charge is 2.13. The molecule has 0 saturated carbocycles. The van der Waals surface area contributed by atoms with Crippen LogP contribution in [0.1, 0.15) is 15.9 Å². The summed E-state index contributed by atoms with van der Waals surface area (Å²) in [5.41, 5.74) is 2.08. The second-order valence-corrected chi connectivity index (χ2v) is 4.11. The largest absolute Gasteiger partial charge is 0.288 e. The maximum atomic E-state index is 12.4. The van der Waals surface area contributed by atoms with E-state index in [1.807, 2.05) is 24.3 Å². The number of benzene rings is 1. The maximum Gasteiger partial charge on any atom is 0.196 e. The van der Waals surface area contributed by atoms with Crippen molar-refractivity contribution >= 4 is 16.7 Å². The highest BCUT2D eigenvalue weighted by molar-refractivity contribution is 6.15. The second-order valence-electron chi connectivity index (χ2n) is 4.11. The van der Waals surface area contributed by atoms with Gasteiger partial charge in [0.25, 0.3) is 0 Å².